The molecule has 1 saturated heterocycles. The van der Waals surface area contributed by atoms with Gasteiger partial charge in [-0.2, -0.15) is 0 Å². The van der Waals surface area contributed by atoms with Crippen LogP contribution in [-0.2, 0) is 4.84 Å². The molecular formula is C21H24N4O3. The third-order valence-corrected chi connectivity index (χ3v) is 5.34. The van der Waals surface area contributed by atoms with Gasteiger partial charge in [-0.25, -0.2) is 9.78 Å². The highest BCUT2D eigenvalue weighted by Crippen LogP contribution is 2.30. The molecule has 1 aliphatic heterocycles. The Bertz CT molecular complexity index is 943. The van der Waals surface area contributed by atoms with Crippen LogP contribution in [0.3, 0.4) is 0 Å². The van der Waals surface area contributed by atoms with Gasteiger partial charge in [0.05, 0.1) is 6.54 Å². The Morgan fingerprint density at radius 3 is 2.89 bits per heavy atom. The number of nitrogens with one attached hydrogen (secondary N) is 1. The Morgan fingerprint density at radius 2 is 2.07 bits per heavy atom. The molecule has 1 N–H and O–H groups in total. The van der Waals surface area contributed by atoms with Crippen molar-refractivity contribution in [2.45, 2.75) is 19.4 Å². The third-order valence-electron chi connectivity index (χ3n) is 5.34. The van der Waals surface area contributed by atoms with E-state index in [0.29, 0.717) is 24.8 Å². The van der Waals surface area contributed by atoms with Crippen LogP contribution in [0.25, 0.3) is 11.0 Å². The Kier molecular flexibility index (Phi) is 5.16. The SMILES string of the molecule is C[C@@H]1CCN(OC(=O)Oc2ccccc2)C[C@@H]1N(C)c1ccnc2[nH]ccc12. The number of hydroxylamine groups is 2. The summed E-state index contributed by atoms with van der Waals surface area (Å²) in [6, 6.07) is 13.2. The average Bonchev–Trinajstić information content (AvgIpc) is 3.18. The first-order chi connectivity index (χ1) is 13.6. The number of rotatable bonds is 4. The Balaban J connectivity index is 1.44. The molecule has 0 aliphatic carbocycles. The molecule has 3 aromatic rings. The van der Waals surface area contributed by atoms with Gasteiger partial charge in [-0.05, 0) is 36.6 Å². The van der Waals surface area contributed by atoms with Gasteiger partial charge in [0.1, 0.15) is 11.4 Å². The van der Waals surface area contributed by atoms with Gasteiger partial charge in [0, 0.05) is 43.1 Å². The molecule has 7 heteroatoms. The summed E-state index contributed by atoms with van der Waals surface area (Å²) in [5, 5.41) is 2.78. The minimum absolute atomic E-state index is 0.193. The molecule has 2 atom stereocenters. The number of pyridine rings is 1. The summed E-state index contributed by atoms with van der Waals surface area (Å²) < 4.78 is 5.24. The fourth-order valence-corrected chi connectivity index (χ4v) is 3.75. The van der Waals surface area contributed by atoms with E-state index in [1.54, 1.807) is 17.2 Å². The van der Waals surface area contributed by atoms with Gasteiger partial charge in [-0.15, -0.1) is 5.06 Å². The van der Waals surface area contributed by atoms with E-state index >= 15 is 0 Å². The number of nitrogens with zero attached hydrogens (tertiary/aromatic N) is 3. The highest BCUT2D eigenvalue weighted by molar-refractivity contribution is 5.89. The van der Waals surface area contributed by atoms with Crippen LogP contribution in [0.15, 0.2) is 54.9 Å². The summed E-state index contributed by atoms with van der Waals surface area (Å²) in [7, 11) is 2.08. The lowest BCUT2D eigenvalue weighted by Gasteiger charge is -2.41. The van der Waals surface area contributed by atoms with Crippen molar-refractivity contribution < 1.29 is 14.4 Å². The lowest BCUT2D eigenvalue weighted by Crippen LogP contribution is -2.51. The third kappa shape index (κ3) is 3.80. The standard InChI is InChI=1S/C21H24N4O3/c1-15-10-13-25(28-21(26)27-16-6-4-3-5-7-16)14-19(15)24(2)18-9-12-23-20-17(18)8-11-22-20/h3-9,11-12,15,19H,10,13-14H2,1-2H3,(H,22,23)/t15-,19+/m1/s1. The maximum atomic E-state index is 12.1. The van der Waals surface area contributed by atoms with Crippen molar-refractivity contribution in [1.82, 2.24) is 15.0 Å². The van der Waals surface area contributed by atoms with E-state index in [-0.39, 0.29) is 6.04 Å². The van der Waals surface area contributed by atoms with Crippen LogP contribution < -0.4 is 9.64 Å². The van der Waals surface area contributed by atoms with Gasteiger partial charge < -0.3 is 19.5 Å². The first-order valence-corrected chi connectivity index (χ1v) is 9.46. The highest BCUT2D eigenvalue weighted by atomic mass is 16.8. The number of benzene rings is 1. The molecule has 3 heterocycles. The monoisotopic (exact) mass is 380 g/mol. The van der Waals surface area contributed by atoms with E-state index in [1.165, 1.54) is 0 Å². The number of aromatic nitrogens is 2. The van der Waals surface area contributed by atoms with Crippen LogP contribution in [0.5, 0.6) is 5.75 Å². The Morgan fingerprint density at radius 1 is 1.25 bits per heavy atom. The van der Waals surface area contributed by atoms with Gasteiger partial charge in [0.2, 0.25) is 0 Å². The highest BCUT2D eigenvalue weighted by Gasteiger charge is 2.32. The Labute approximate surface area is 163 Å². The second-order valence-corrected chi connectivity index (χ2v) is 7.16. The fraction of sp³-hybridized carbons (Fsp3) is 0.333. The van der Waals surface area contributed by atoms with Crippen molar-refractivity contribution in [1.29, 1.82) is 0 Å². The number of piperidine rings is 1. The number of H-pyrrole nitrogens is 1. The summed E-state index contributed by atoms with van der Waals surface area (Å²) >= 11 is 0. The molecule has 2 aromatic heterocycles. The van der Waals surface area contributed by atoms with Crippen molar-refractivity contribution >= 4 is 22.9 Å². The minimum atomic E-state index is -0.709. The zero-order valence-corrected chi connectivity index (χ0v) is 16.0. The number of fused-ring (bicyclic) bond motifs is 1. The Hall–Kier alpha value is -3.06. The summed E-state index contributed by atoms with van der Waals surface area (Å²) in [6.07, 6.45) is 3.92. The van der Waals surface area contributed by atoms with E-state index < -0.39 is 6.16 Å². The number of carbonyl (C=O) groups is 1. The second kappa shape index (κ2) is 7.90. The molecule has 1 aromatic carbocycles. The number of hydrogen-bond acceptors (Lipinski definition) is 6. The van der Waals surface area contributed by atoms with E-state index in [2.05, 4.69) is 28.8 Å². The summed E-state index contributed by atoms with van der Waals surface area (Å²) in [6.45, 7) is 3.53. The summed E-state index contributed by atoms with van der Waals surface area (Å²) in [5.74, 6) is 0.926. The molecule has 0 amide bonds. The summed E-state index contributed by atoms with van der Waals surface area (Å²) in [5.41, 5.74) is 1.98. The first kappa shape index (κ1) is 18.3. The van der Waals surface area contributed by atoms with Gasteiger partial charge in [-0.3, -0.25) is 0 Å². The number of hydrogen-bond donors (Lipinski definition) is 1. The van der Waals surface area contributed by atoms with E-state index in [0.717, 1.165) is 23.1 Å². The fourth-order valence-electron chi connectivity index (χ4n) is 3.75. The van der Waals surface area contributed by atoms with Crippen LogP contribution in [0.4, 0.5) is 10.5 Å². The van der Waals surface area contributed by atoms with Gasteiger partial charge in [0.25, 0.3) is 0 Å². The number of carbonyl (C=O) groups excluding carboxylic acids is 1. The van der Waals surface area contributed by atoms with Crippen molar-refractivity contribution in [3.63, 3.8) is 0 Å². The number of para-hydroxylation sites is 1. The molecule has 1 aliphatic rings. The van der Waals surface area contributed by atoms with Crippen molar-refractivity contribution in [3.8, 4) is 5.75 Å². The van der Waals surface area contributed by atoms with Crippen molar-refractivity contribution in [3.05, 3.63) is 54.9 Å². The molecule has 146 valence electrons. The molecule has 4 rings (SSSR count). The van der Waals surface area contributed by atoms with Gasteiger partial charge >= 0.3 is 6.16 Å². The molecule has 7 nitrogen and oxygen atoms in total. The first-order valence-electron chi connectivity index (χ1n) is 9.46. The maximum absolute atomic E-state index is 12.1. The molecular weight excluding hydrogens is 356 g/mol. The smallest absolute Gasteiger partial charge is 0.394 e. The number of likely N-dealkylation sites (N-methyl/N-ethyl adjacent to an activating group) is 1. The number of aromatic amines is 1. The van der Waals surface area contributed by atoms with E-state index in [4.69, 9.17) is 9.57 Å². The number of ether oxygens (including phenoxy) is 1. The zero-order chi connectivity index (χ0) is 19.5. The summed E-state index contributed by atoms with van der Waals surface area (Å²) in [4.78, 5) is 27.4. The van der Waals surface area contributed by atoms with Gasteiger partial charge in [0.15, 0.2) is 0 Å². The molecule has 1 fully saturated rings. The molecule has 0 unspecified atom stereocenters. The quantitative estimate of drug-likeness (QED) is 0.548. The maximum Gasteiger partial charge on any atom is 0.533 e. The predicted octanol–water partition coefficient (Wildman–Crippen LogP) is 3.84. The largest absolute Gasteiger partial charge is 0.533 e. The van der Waals surface area contributed by atoms with Crippen LogP contribution in [0.2, 0.25) is 0 Å². The van der Waals surface area contributed by atoms with Crippen LogP contribution in [0.1, 0.15) is 13.3 Å². The molecule has 0 bridgehead atoms. The predicted molar refractivity (Wildman–Crippen MR) is 107 cm³/mol. The normalized spacial score (nSPS) is 20.1. The van der Waals surface area contributed by atoms with E-state index in [9.17, 15) is 4.79 Å². The molecule has 0 radical (unpaired) electrons. The average molecular weight is 380 g/mol. The van der Waals surface area contributed by atoms with Crippen LogP contribution in [-0.4, -0.2) is 47.4 Å². The second-order valence-electron chi connectivity index (χ2n) is 7.16. The van der Waals surface area contributed by atoms with Crippen molar-refractivity contribution in [2.75, 3.05) is 25.0 Å². The molecule has 28 heavy (non-hydrogen) atoms. The lowest BCUT2D eigenvalue weighted by molar-refractivity contribution is -0.136. The topological polar surface area (TPSA) is 70.7 Å². The molecule has 0 saturated carbocycles. The number of anilines is 1. The van der Waals surface area contributed by atoms with Gasteiger partial charge in [-0.1, -0.05) is 25.1 Å². The zero-order valence-electron chi connectivity index (χ0n) is 16.0. The van der Waals surface area contributed by atoms with Crippen LogP contribution >= 0.6 is 0 Å². The molecule has 0 spiro atoms. The van der Waals surface area contributed by atoms with Crippen molar-refractivity contribution in [2.24, 2.45) is 5.92 Å². The van der Waals surface area contributed by atoms with E-state index in [1.807, 2.05) is 42.7 Å². The minimum Gasteiger partial charge on any atom is -0.394 e. The van der Waals surface area contributed by atoms with Crippen LogP contribution in [0, 0.1) is 5.92 Å². The lowest BCUT2D eigenvalue weighted by atomic mass is 9.93.